The fraction of sp³-hybridized carbons (Fsp3) is 0.273. The summed E-state index contributed by atoms with van der Waals surface area (Å²) < 4.78 is 6.23. The van der Waals surface area contributed by atoms with Gasteiger partial charge in [0.15, 0.2) is 0 Å². The van der Waals surface area contributed by atoms with Crippen molar-refractivity contribution in [3.63, 3.8) is 0 Å². The standard InChI is InChI=1S/C22H24O/c1-3-5-7-12-17(4-2)21-19-15-10-11-16-20(19)23-22(21)18-13-8-6-9-14-18/h4,6,8-11,13-17H,2-3,5,7,12H2,1H3. The molecule has 0 spiro atoms. The van der Waals surface area contributed by atoms with Crippen molar-refractivity contribution in [3.8, 4) is 11.3 Å². The van der Waals surface area contributed by atoms with Crippen molar-refractivity contribution < 1.29 is 4.42 Å². The highest BCUT2D eigenvalue weighted by Gasteiger charge is 2.21. The van der Waals surface area contributed by atoms with Gasteiger partial charge in [0, 0.05) is 22.4 Å². The average Bonchev–Trinajstić information content (AvgIpc) is 2.99. The zero-order valence-electron chi connectivity index (χ0n) is 13.8. The first kappa shape index (κ1) is 15.6. The van der Waals surface area contributed by atoms with E-state index in [-0.39, 0.29) is 0 Å². The highest BCUT2D eigenvalue weighted by molar-refractivity contribution is 5.88. The molecule has 0 fully saturated rings. The first-order valence-corrected chi connectivity index (χ1v) is 8.54. The lowest BCUT2D eigenvalue weighted by molar-refractivity contribution is 0.604. The lowest BCUT2D eigenvalue weighted by Crippen LogP contribution is -1.96. The van der Waals surface area contributed by atoms with Gasteiger partial charge in [0.25, 0.3) is 0 Å². The summed E-state index contributed by atoms with van der Waals surface area (Å²) in [5.41, 5.74) is 3.39. The van der Waals surface area contributed by atoms with Crippen molar-refractivity contribution in [1.29, 1.82) is 0 Å². The summed E-state index contributed by atoms with van der Waals surface area (Å²) in [4.78, 5) is 0. The number of rotatable bonds is 7. The Hall–Kier alpha value is -2.28. The van der Waals surface area contributed by atoms with Crippen LogP contribution >= 0.6 is 0 Å². The molecule has 118 valence electrons. The minimum atomic E-state index is 0.334. The molecule has 3 rings (SSSR count). The Bertz CT molecular complexity index is 767. The Kier molecular flexibility index (Phi) is 4.97. The summed E-state index contributed by atoms with van der Waals surface area (Å²) in [6.45, 7) is 6.34. The van der Waals surface area contributed by atoms with Crippen LogP contribution in [0.4, 0.5) is 0 Å². The molecule has 0 saturated carbocycles. The van der Waals surface area contributed by atoms with Crippen molar-refractivity contribution >= 4 is 11.0 Å². The van der Waals surface area contributed by atoms with E-state index in [9.17, 15) is 0 Å². The van der Waals surface area contributed by atoms with E-state index in [0.29, 0.717) is 5.92 Å². The fourth-order valence-corrected chi connectivity index (χ4v) is 3.23. The number of unbranched alkanes of at least 4 members (excludes halogenated alkanes) is 2. The second-order valence-corrected chi connectivity index (χ2v) is 6.05. The van der Waals surface area contributed by atoms with Gasteiger partial charge in [0.2, 0.25) is 0 Å². The van der Waals surface area contributed by atoms with Crippen molar-refractivity contribution in [3.05, 3.63) is 72.8 Å². The Labute approximate surface area is 138 Å². The largest absolute Gasteiger partial charge is 0.456 e. The summed E-state index contributed by atoms with van der Waals surface area (Å²) in [7, 11) is 0. The molecule has 0 bridgehead atoms. The molecule has 0 radical (unpaired) electrons. The van der Waals surface area contributed by atoms with Gasteiger partial charge in [-0.25, -0.2) is 0 Å². The molecule has 3 aromatic rings. The topological polar surface area (TPSA) is 13.1 Å². The lowest BCUT2D eigenvalue weighted by atomic mass is 9.89. The zero-order chi connectivity index (χ0) is 16.1. The molecule has 23 heavy (non-hydrogen) atoms. The van der Waals surface area contributed by atoms with Crippen molar-refractivity contribution in [2.24, 2.45) is 0 Å². The van der Waals surface area contributed by atoms with Crippen molar-refractivity contribution in [2.45, 2.75) is 38.5 Å². The zero-order valence-corrected chi connectivity index (χ0v) is 13.8. The van der Waals surface area contributed by atoms with Crippen LogP contribution in [0.25, 0.3) is 22.3 Å². The van der Waals surface area contributed by atoms with Crippen LogP contribution in [0.3, 0.4) is 0 Å². The van der Waals surface area contributed by atoms with E-state index >= 15 is 0 Å². The summed E-state index contributed by atoms with van der Waals surface area (Å²) in [6.07, 6.45) is 6.93. The molecule has 0 N–H and O–H groups in total. The highest BCUT2D eigenvalue weighted by Crippen LogP contribution is 2.40. The van der Waals surface area contributed by atoms with Crippen LogP contribution < -0.4 is 0 Å². The number of hydrogen-bond donors (Lipinski definition) is 0. The maximum absolute atomic E-state index is 6.23. The van der Waals surface area contributed by atoms with Crippen LogP contribution in [0.2, 0.25) is 0 Å². The van der Waals surface area contributed by atoms with Gasteiger partial charge in [0.05, 0.1) is 0 Å². The van der Waals surface area contributed by atoms with Crippen LogP contribution in [0.1, 0.15) is 44.1 Å². The number of furan rings is 1. The first-order valence-electron chi connectivity index (χ1n) is 8.54. The van der Waals surface area contributed by atoms with E-state index in [1.807, 2.05) is 12.1 Å². The maximum Gasteiger partial charge on any atom is 0.139 e. The third-order valence-electron chi connectivity index (χ3n) is 4.44. The molecule has 0 saturated heterocycles. The molecule has 1 aromatic heterocycles. The average molecular weight is 304 g/mol. The minimum Gasteiger partial charge on any atom is -0.456 e. The van der Waals surface area contributed by atoms with Crippen molar-refractivity contribution in [1.82, 2.24) is 0 Å². The third-order valence-corrected chi connectivity index (χ3v) is 4.44. The Morgan fingerprint density at radius 3 is 2.48 bits per heavy atom. The van der Waals surface area contributed by atoms with Gasteiger partial charge < -0.3 is 4.42 Å². The number of benzene rings is 2. The molecule has 1 atom stereocenters. The fourth-order valence-electron chi connectivity index (χ4n) is 3.23. The molecular weight excluding hydrogens is 280 g/mol. The van der Waals surface area contributed by atoms with Gasteiger partial charge in [-0.2, -0.15) is 0 Å². The van der Waals surface area contributed by atoms with Crippen LogP contribution in [0, 0.1) is 0 Å². The van der Waals surface area contributed by atoms with Gasteiger partial charge in [-0.3, -0.25) is 0 Å². The monoisotopic (exact) mass is 304 g/mol. The maximum atomic E-state index is 6.23. The summed E-state index contributed by atoms with van der Waals surface area (Å²) >= 11 is 0. The highest BCUT2D eigenvalue weighted by atomic mass is 16.3. The van der Waals surface area contributed by atoms with Gasteiger partial charge in [-0.1, -0.05) is 80.8 Å². The minimum absolute atomic E-state index is 0.334. The Morgan fingerprint density at radius 1 is 1.00 bits per heavy atom. The summed E-state index contributed by atoms with van der Waals surface area (Å²) in [5, 5.41) is 1.22. The quantitative estimate of drug-likeness (QED) is 0.340. The number of fused-ring (bicyclic) bond motifs is 1. The molecule has 0 aliphatic rings. The lowest BCUT2D eigenvalue weighted by Gasteiger charge is -2.13. The molecule has 1 unspecified atom stereocenters. The molecule has 0 amide bonds. The van der Waals surface area contributed by atoms with E-state index in [4.69, 9.17) is 4.42 Å². The Morgan fingerprint density at radius 2 is 1.74 bits per heavy atom. The van der Waals surface area contributed by atoms with Gasteiger partial charge in [-0.05, 0) is 12.5 Å². The van der Waals surface area contributed by atoms with E-state index in [1.54, 1.807) is 0 Å². The molecule has 0 aliphatic carbocycles. The first-order chi connectivity index (χ1) is 11.3. The van der Waals surface area contributed by atoms with Crippen molar-refractivity contribution in [2.75, 3.05) is 0 Å². The molecule has 0 aliphatic heterocycles. The number of para-hydroxylation sites is 1. The van der Waals surface area contributed by atoms with Crippen LogP contribution in [0.5, 0.6) is 0 Å². The summed E-state index contributed by atoms with van der Waals surface area (Å²) in [6, 6.07) is 18.7. The Balaban J connectivity index is 2.10. The van der Waals surface area contributed by atoms with Crippen LogP contribution in [0.15, 0.2) is 71.7 Å². The predicted molar refractivity (Wildman–Crippen MR) is 98.7 cm³/mol. The van der Waals surface area contributed by atoms with E-state index < -0.39 is 0 Å². The van der Waals surface area contributed by atoms with E-state index in [2.05, 4.69) is 62.0 Å². The van der Waals surface area contributed by atoms with E-state index in [1.165, 1.54) is 30.2 Å². The molecule has 1 heterocycles. The molecular formula is C22H24O. The normalized spacial score (nSPS) is 12.4. The second kappa shape index (κ2) is 7.32. The second-order valence-electron chi connectivity index (χ2n) is 6.05. The summed E-state index contributed by atoms with van der Waals surface area (Å²) in [5.74, 6) is 1.33. The number of allylic oxidation sites excluding steroid dienone is 1. The van der Waals surface area contributed by atoms with Crippen LogP contribution in [-0.4, -0.2) is 0 Å². The SMILES string of the molecule is C=CC(CCCCC)c1c(-c2ccccc2)oc2ccccc12. The smallest absolute Gasteiger partial charge is 0.139 e. The molecule has 1 nitrogen and oxygen atoms in total. The third kappa shape index (κ3) is 3.24. The molecule has 2 aromatic carbocycles. The van der Waals surface area contributed by atoms with Gasteiger partial charge >= 0.3 is 0 Å². The van der Waals surface area contributed by atoms with E-state index in [0.717, 1.165) is 23.3 Å². The number of hydrogen-bond acceptors (Lipinski definition) is 1. The van der Waals surface area contributed by atoms with Crippen LogP contribution in [-0.2, 0) is 0 Å². The predicted octanol–water partition coefficient (Wildman–Crippen LogP) is 6.95. The van der Waals surface area contributed by atoms with Gasteiger partial charge in [-0.15, -0.1) is 6.58 Å². The molecule has 1 heteroatoms. The van der Waals surface area contributed by atoms with Gasteiger partial charge in [0.1, 0.15) is 11.3 Å².